The quantitative estimate of drug-likeness (QED) is 0.284. The molecule has 0 spiro atoms. The third kappa shape index (κ3) is 6.92. The summed E-state index contributed by atoms with van der Waals surface area (Å²) in [4.78, 5) is 14.5. The lowest BCUT2D eigenvalue weighted by molar-refractivity contribution is -0.116. The summed E-state index contributed by atoms with van der Waals surface area (Å²) in [5.74, 6) is 0.279. The largest absolute Gasteiger partial charge is 0.383 e. The van der Waals surface area contributed by atoms with Crippen molar-refractivity contribution in [1.82, 2.24) is 10.2 Å². The van der Waals surface area contributed by atoms with Gasteiger partial charge in [-0.25, -0.2) is 0 Å². The first-order chi connectivity index (χ1) is 16.4. The van der Waals surface area contributed by atoms with Crippen LogP contribution in [0.5, 0.6) is 5.75 Å². The summed E-state index contributed by atoms with van der Waals surface area (Å²) in [6.45, 7) is 3.31. The van der Waals surface area contributed by atoms with Crippen molar-refractivity contribution < 1.29 is 17.4 Å². The van der Waals surface area contributed by atoms with Crippen LogP contribution in [0.3, 0.4) is 0 Å². The summed E-state index contributed by atoms with van der Waals surface area (Å²) in [6, 6.07) is 19.8. The van der Waals surface area contributed by atoms with Gasteiger partial charge < -0.3 is 9.50 Å². The Morgan fingerprint density at radius 3 is 2.68 bits per heavy atom. The Balaban J connectivity index is 1.18. The molecule has 0 saturated carbocycles. The van der Waals surface area contributed by atoms with Crippen molar-refractivity contribution in [2.75, 3.05) is 25.9 Å². The number of amides is 1. The van der Waals surface area contributed by atoms with Crippen LogP contribution in [0.25, 0.3) is 16.8 Å². The average molecular weight is 479 g/mol. The molecule has 1 aliphatic rings. The molecule has 4 rings (SSSR count). The van der Waals surface area contributed by atoms with Gasteiger partial charge in [-0.2, -0.15) is 8.42 Å². The number of unbranched alkanes of at least 4 members (excludes halogenated alkanes) is 1. The molecule has 7 heteroatoms. The van der Waals surface area contributed by atoms with Crippen molar-refractivity contribution in [2.24, 2.45) is 0 Å². The number of fused-ring (bicyclic) bond motifs is 2. The first kappa shape index (κ1) is 24.0. The van der Waals surface area contributed by atoms with Crippen molar-refractivity contribution in [2.45, 2.75) is 25.8 Å². The normalized spacial score (nSPS) is 14.3. The maximum atomic E-state index is 12.2. The maximum Gasteiger partial charge on any atom is 0.306 e. The van der Waals surface area contributed by atoms with Gasteiger partial charge in [-0.15, -0.1) is 0 Å². The average Bonchev–Trinajstić information content (AvgIpc) is 2.81. The van der Waals surface area contributed by atoms with Crippen LogP contribution in [0.4, 0.5) is 0 Å². The number of nitrogens with one attached hydrogen (secondary N) is 1. The summed E-state index contributed by atoms with van der Waals surface area (Å²) >= 11 is 0. The Hall–Kier alpha value is -3.16. The van der Waals surface area contributed by atoms with Crippen LogP contribution in [0, 0.1) is 0 Å². The molecule has 3 aromatic rings. The number of benzene rings is 3. The molecule has 1 aliphatic heterocycles. The molecule has 0 aromatic heterocycles. The first-order valence-electron chi connectivity index (χ1n) is 11.5. The zero-order valence-electron chi connectivity index (χ0n) is 19.4. The summed E-state index contributed by atoms with van der Waals surface area (Å²) < 4.78 is 27.8. The zero-order chi connectivity index (χ0) is 24.0. The summed E-state index contributed by atoms with van der Waals surface area (Å²) in [5, 5.41) is 5.30. The second-order valence-electron chi connectivity index (χ2n) is 8.68. The Labute approximate surface area is 201 Å². The molecule has 1 amide bonds. The zero-order valence-corrected chi connectivity index (χ0v) is 20.2. The van der Waals surface area contributed by atoms with Crippen molar-refractivity contribution in [3.05, 3.63) is 83.4 Å². The van der Waals surface area contributed by atoms with Gasteiger partial charge in [-0.1, -0.05) is 42.5 Å². The number of hydrogen-bond acceptors (Lipinski definition) is 5. The highest BCUT2D eigenvalue weighted by molar-refractivity contribution is 7.86. The molecule has 0 atom stereocenters. The van der Waals surface area contributed by atoms with Crippen molar-refractivity contribution in [3.63, 3.8) is 0 Å². The number of hydrogen-bond donors (Lipinski definition) is 1. The van der Waals surface area contributed by atoms with Crippen LogP contribution >= 0.6 is 0 Å². The van der Waals surface area contributed by atoms with Crippen molar-refractivity contribution >= 4 is 32.9 Å². The van der Waals surface area contributed by atoms with Gasteiger partial charge in [-0.3, -0.25) is 9.69 Å². The second kappa shape index (κ2) is 10.8. The predicted octanol–water partition coefficient (Wildman–Crippen LogP) is 4.15. The van der Waals surface area contributed by atoms with E-state index in [1.54, 1.807) is 12.1 Å². The molecule has 3 aromatic carbocycles. The van der Waals surface area contributed by atoms with Crippen LogP contribution in [0.1, 0.15) is 29.5 Å². The molecule has 0 aliphatic carbocycles. The fourth-order valence-corrected chi connectivity index (χ4v) is 4.68. The topological polar surface area (TPSA) is 75.7 Å². The van der Waals surface area contributed by atoms with Crippen LogP contribution in [0.15, 0.2) is 66.7 Å². The van der Waals surface area contributed by atoms with E-state index in [9.17, 15) is 13.2 Å². The lowest BCUT2D eigenvalue weighted by atomic mass is 9.99. The summed E-state index contributed by atoms with van der Waals surface area (Å²) in [5.41, 5.74) is 3.35. The Bertz CT molecular complexity index is 1300. The third-order valence-electron chi connectivity index (χ3n) is 5.92. The van der Waals surface area contributed by atoms with E-state index in [0.29, 0.717) is 12.3 Å². The fourth-order valence-electron chi connectivity index (χ4n) is 4.22. The Morgan fingerprint density at radius 2 is 1.85 bits per heavy atom. The smallest absolute Gasteiger partial charge is 0.306 e. The SMILES string of the molecule is CS(=O)(=O)Oc1ccc2c(c1)CN(CCCCNC(=O)C=Cc1ccc3ccccc3c1)CC2. The van der Waals surface area contributed by atoms with Gasteiger partial charge in [0.2, 0.25) is 5.91 Å². The van der Waals surface area contributed by atoms with Crippen LogP contribution < -0.4 is 9.50 Å². The number of nitrogens with zero attached hydrogens (tertiary/aromatic N) is 1. The molecule has 1 heterocycles. The van der Waals surface area contributed by atoms with Crippen LogP contribution in [0.2, 0.25) is 0 Å². The molecule has 0 radical (unpaired) electrons. The minimum Gasteiger partial charge on any atom is -0.383 e. The van der Waals surface area contributed by atoms with Crippen molar-refractivity contribution in [3.8, 4) is 5.75 Å². The summed E-state index contributed by atoms with van der Waals surface area (Å²) in [6.07, 6.45) is 7.29. The fraction of sp³-hybridized carbons (Fsp3) is 0.296. The monoisotopic (exact) mass is 478 g/mol. The Kier molecular flexibility index (Phi) is 7.65. The maximum absolute atomic E-state index is 12.2. The Morgan fingerprint density at radius 1 is 1.03 bits per heavy atom. The molecule has 178 valence electrons. The number of carbonyl (C=O) groups excluding carboxylic acids is 1. The molecule has 0 fully saturated rings. The van der Waals surface area contributed by atoms with Gasteiger partial charge in [0.15, 0.2) is 0 Å². The molecule has 0 bridgehead atoms. The minimum absolute atomic E-state index is 0.0848. The third-order valence-corrected chi connectivity index (χ3v) is 6.41. The molecular formula is C27H30N2O4S. The van der Waals surface area contributed by atoms with E-state index in [0.717, 1.165) is 61.7 Å². The van der Waals surface area contributed by atoms with E-state index in [-0.39, 0.29) is 5.91 Å². The van der Waals surface area contributed by atoms with E-state index < -0.39 is 10.1 Å². The highest BCUT2D eigenvalue weighted by Crippen LogP contribution is 2.25. The van der Waals surface area contributed by atoms with Crippen molar-refractivity contribution in [1.29, 1.82) is 0 Å². The lowest BCUT2D eigenvalue weighted by Crippen LogP contribution is -2.32. The van der Waals surface area contributed by atoms with Gasteiger partial charge in [0.05, 0.1) is 6.26 Å². The predicted molar refractivity (Wildman–Crippen MR) is 136 cm³/mol. The van der Waals surface area contributed by atoms with Crippen LogP contribution in [-0.2, 0) is 27.9 Å². The number of rotatable bonds is 9. The molecule has 6 nitrogen and oxygen atoms in total. The van der Waals surface area contributed by atoms with E-state index in [1.165, 1.54) is 10.9 Å². The van der Waals surface area contributed by atoms with Gasteiger partial charge in [0.1, 0.15) is 5.75 Å². The first-order valence-corrected chi connectivity index (χ1v) is 13.4. The number of carbonyl (C=O) groups is 1. The lowest BCUT2D eigenvalue weighted by Gasteiger charge is -2.29. The van der Waals surface area contributed by atoms with E-state index >= 15 is 0 Å². The second-order valence-corrected chi connectivity index (χ2v) is 10.3. The van der Waals surface area contributed by atoms with Gasteiger partial charge >= 0.3 is 10.1 Å². The molecule has 1 N–H and O–H groups in total. The van der Waals surface area contributed by atoms with Gasteiger partial charge in [0.25, 0.3) is 0 Å². The van der Waals surface area contributed by atoms with Crippen LogP contribution in [-0.4, -0.2) is 45.1 Å². The molecule has 0 unspecified atom stereocenters. The highest BCUT2D eigenvalue weighted by Gasteiger charge is 2.17. The van der Waals surface area contributed by atoms with E-state index in [1.807, 2.05) is 36.4 Å². The molecule has 0 saturated heterocycles. The van der Waals surface area contributed by atoms with E-state index in [2.05, 4.69) is 34.5 Å². The molecule has 34 heavy (non-hydrogen) atoms. The summed E-state index contributed by atoms with van der Waals surface area (Å²) in [7, 11) is -3.53. The minimum atomic E-state index is -3.53. The molecular weight excluding hydrogens is 448 g/mol. The van der Waals surface area contributed by atoms with Gasteiger partial charge in [-0.05, 0) is 77.5 Å². The highest BCUT2D eigenvalue weighted by atomic mass is 32.2. The van der Waals surface area contributed by atoms with Gasteiger partial charge in [0, 0.05) is 25.7 Å². The standard InChI is InChI=1S/C27H30N2O4S/c1-34(31,32)33-26-12-11-23-14-17-29(20-25(23)19-26)16-5-4-15-28-27(30)13-9-21-8-10-22-6-2-3-7-24(22)18-21/h2-3,6-13,18-19H,4-5,14-17,20H2,1H3,(H,28,30). The van der Waals surface area contributed by atoms with E-state index in [4.69, 9.17) is 4.18 Å².